The van der Waals surface area contributed by atoms with E-state index in [-0.39, 0.29) is 11.9 Å². The fraction of sp³-hybridized carbons (Fsp3) is 0.412. The first-order chi connectivity index (χ1) is 11.5. The number of aryl methyl sites for hydroxylation is 1. The maximum atomic E-state index is 12.3. The number of nitrogens with one attached hydrogen (secondary N) is 1. The molecule has 2 aromatic rings. The van der Waals surface area contributed by atoms with Crippen LogP contribution < -0.4 is 19.5 Å². The Kier molecular flexibility index (Phi) is 5.68. The van der Waals surface area contributed by atoms with E-state index in [1.807, 2.05) is 26.1 Å². The molecule has 0 unspecified atom stereocenters. The fourth-order valence-electron chi connectivity index (χ4n) is 2.41. The third kappa shape index (κ3) is 3.98. The Morgan fingerprint density at radius 3 is 2.29 bits per heavy atom. The Hall–Kier alpha value is -2.70. The Morgan fingerprint density at radius 1 is 1.21 bits per heavy atom. The highest BCUT2D eigenvalue weighted by Crippen LogP contribution is 2.39. The molecule has 0 radical (unpaired) electrons. The minimum Gasteiger partial charge on any atom is -0.493 e. The standard InChI is InChI=1S/C17H23N3O4/c1-11-6-7-20(19-11)12(2)8-16(21)18-13-9-14(22-3)17(24-5)15(10-13)23-4/h6-7,9-10,12H,8H2,1-5H3,(H,18,21)/t12-/m1/s1. The van der Waals surface area contributed by atoms with Gasteiger partial charge in [-0.2, -0.15) is 5.10 Å². The van der Waals surface area contributed by atoms with E-state index in [0.29, 0.717) is 29.4 Å². The Balaban J connectivity index is 2.11. The number of rotatable bonds is 7. The van der Waals surface area contributed by atoms with Gasteiger partial charge in [-0.25, -0.2) is 0 Å². The van der Waals surface area contributed by atoms with Crippen LogP contribution in [0.5, 0.6) is 17.2 Å². The Labute approximate surface area is 141 Å². The van der Waals surface area contributed by atoms with Crippen molar-refractivity contribution >= 4 is 11.6 Å². The van der Waals surface area contributed by atoms with Crippen LogP contribution in [0.25, 0.3) is 0 Å². The van der Waals surface area contributed by atoms with E-state index in [1.165, 1.54) is 21.3 Å². The van der Waals surface area contributed by atoms with Crippen LogP contribution in [0.15, 0.2) is 24.4 Å². The third-order valence-corrected chi connectivity index (χ3v) is 3.62. The number of hydrogen-bond acceptors (Lipinski definition) is 5. The van der Waals surface area contributed by atoms with Gasteiger partial charge in [0.15, 0.2) is 11.5 Å². The van der Waals surface area contributed by atoms with Crippen molar-refractivity contribution in [2.24, 2.45) is 0 Å². The van der Waals surface area contributed by atoms with Gasteiger partial charge in [0.1, 0.15) is 0 Å². The molecule has 1 atom stereocenters. The average Bonchev–Trinajstić information content (AvgIpc) is 3.00. The summed E-state index contributed by atoms with van der Waals surface area (Å²) in [5.41, 5.74) is 1.50. The van der Waals surface area contributed by atoms with Gasteiger partial charge in [0.05, 0.1) is 33.1 Å². The molecular formula is C17H23N3O4. The SMILES string of the molecule is COc1cc(NC(=O)C[C@@H](C)n2ccc(C)n2)cc(OC)c1OC. The summed E-state index contributed by atoms with van der Waals surface area (Å²) in [6.45, 7) is 3.86. The summed E-state index contributed by atoms with van der Waals surface area (Å²) in [4.78, 5) is 12.3. The lowest BCUT2D eigenvalue weighted by Crippen LogP contribution is -2.18. The molecule has 1 aromatic heterocycles. The predicted octanol–water partition coefficient (Wildman–Crippen LogP) is 2.81. The summed E-state index contributed by atoms with van der Waals surface area (Å²) in [6, 6.07) is 5.26. The molecular weight excluding hydrogens is 310 g/mol. The molecule has 0 bridgehead atoms. The number of hydrogen-bond donors (Lipinski definition) is 1. The van der Waals surface area contributed by atoms with E-state index in [2.05, 4.69) is 10.4 Å². The van der Waals surface area contributed by atoms with Crippen molar-refractivity contribution in [1.29, 1.82) is 0 Å². The Bertz CT molecular complexity index is 687. The lowest BCUT2D eigenvalue weighted by atomic mass is 10.2. The largest absolute Gasteiger partial charge is 0.493 e. The van der Waals surface area contributed by atoms with E-state index in [9.17, 15) is 4.79 Å². The average molecular weight is 333 g/mol. The van der Waals surface area contributed by atoms with Crippen molar-refractivity contribution in [3.63, 3.8) is 0 Å². The zero-order chi connectivity index (χ0) is 17.7. The van der Waals surface area contributed by atoms with Gasteiger partial charge in [0.25, 0.3) is 0 Å². The molecule has 0 aliphatic heterocycles. The molecule has 0 aliphatic rings. The smallest absolute Gasteiger partial charge is 0.226 e. The summed E-state index contributed by atoms with van der Waals surface area (Å²) in [6.07, 6.45) is 2.17. The van der Waals surface area contributed by atoms with E-state index in [1.54, 1.807) is 16.8 Å². The first-order valence-electron chi connectivity index (χ1n) is 7.60. The third-order valence-electron chi connectivity index (χ3n) is 3.62. The second kappa shape index (κ2) is 7.72. The van der Waals surface area contributed by atoms with Gasteiger partial charge in [-0.3, -0.25) is 9.48 Å². The van der Waals surface area contributed by atoms with Gasteiger partial charge in [0, 0.05) is 30.4 Å². The predicted molar refractivity (Wildman–Crippen MR) is 91.0 cm³/mol. The molecule has 130 valence electrons. The topological polar surface area (TPSA) is 74.6 Å². The van der Waals surface area contributed by atoms with E-state index in [0.717, 1.165) is 5.69 Å². The van der Waals surface area contributed by atoms with Crippen LogP contribution in [-0.4, -0.2) is 37.0 Å². The van der Waals surface area contributed by atoms with Gasteiger partial charge >= 0.3 is 0 Å². The van der Waals surface area contributed by atoms with Gasteiger partial charge in [-0.15, -0.1) is 0 Å². The molecule has 1 N–H and O–H groups in total. The minimum atomic E-state index is -0.120. The monoisotopic (exact) mass is 333 g/mol. The van der Waals surface area contributed by atoms with Crippen LogP contribution in [0.4, 0.5) is 5.69 Å². The zero-order valence-corrected chi connectivity index (χ0v) is 14.6. The molecule has 0 saturated heterocycles. The highest BCUT2D eigenvalue weighted by molar-refractivity contribution is 5.91. The lowest BCUT2D eigenvalue weighted by molar-refractivity contribution is -0.116. The highest BCUT2D eigenvalue weighted by atomic mass is 16.5. The highest BCUT2D eigenvalue weighted by Gasteiger charge is 2.16. The number of aromatic nitrogens is 2. The lowest BCUT2D eigenvalue weighted by Gasteiger charge is -2.16. The van der Waals surface area contributed by atoms with Crippen molar-refractivity contribution in [3.8, 4) is 17.2 Å². The van der Waals surface area contributed by atoms with Crippen molar-refractivity contribution in [2.45, 2.75) is 26.3 Å². The summed E-state index contributed by atoms with van der Waals surface area (Å²) in [7, 11) is 4.60. The van der Waals surface area contributed by atoms with Gasteiger partial charge in [-0.1, -0.05) is 0 Å². The first kappa shape index (κ1) is 17.7. The van der Waals surface area contributed by atoms with Crippen LogP contribution >= 0.6 is 0 Å². The van der Waals surface area contributed by atoms with Crippen molar-refractivity contribution in [1.82, 2.24) is 9.78 Å². The van der Waals surface area contributed by atoms with Crippen LogP contribution in [-0.2, 0) is 4.79 Å². The second-order valence-electron chi connectivity index (χ2n) is 5.45. The zero-order valence-electron chi connectivity index (χ0n) is 14.6. The number of ether oxygens (including phenoxy) is 3. The quantitative estimate of drug-likeness (QED) is 0.843. The van der Waals surface area contributed by atoms with E-state index >= 15 is 0 Å². The number of methoxy groups -OCH3 is 3. The molecule has 1 amide bonds. The molecule has 0 aliphatic carbocycles. The number of benzene rings is 1. The summed E-state index contributed by atoms with van der Waals surface area (Å²) in [5.74, 6) is 1.34. The van der Waals surface area contributed by atoms with E-state index < -0.39 is 0 Å². The normalized spacial score (nSPS) is 11.7. The molecule has 1 heterocycles. The number of nitrogens with zero attached hydrogens (tertiary/aromatic N) is 2. The van der Waals surface area contributed by atoms with Crippen LogP contribution in [0, 0.1) is 6.92 Å². The molecule has 7 nitrogen and oxygen atoms in total. The first-order valence-corrected chi connectivity index (χ1v) is 7.60. The van der Waals surface area contributed by atoms with Crippen molar-refractivity contribution < 1.29 is 19.0 Å². The molecule has 0 saturated carbocycles. The number of carbonyl (C=O) groups excluding carboxylic acids is 1. The van der Waals surface area contributed by atoms with Gasteiger partial charge in [-0.05, 0) is 19.9 Å². The van der Waals surface area contributed by atoms with E-state index in [4.69, 9.17) is 14.2 Å². The minimum absolute atomic E-state index is 0.0410. The van der Waals surface area contributed by atoms with Gasteiger partial charge in [0.2, 0.25) is 11.7 Å². The van der Waals surface area contributed by atoms with Crippen molar-refractivity contribution in [2.75, 3.05) is 26.6 Å². The molecule has 1 aromatic carbocycles. The number of anilines is 1. The number of carbonyl (C=O) groups is 1. The second-order valence-corrected chi connectivity index (χ2v) is 5.45. The summed E-state index contributed by atoms with van der Waals surface area (Å²) in [5, 5.41) is 7.18. The number of amides is 1. The van der Waals surface area contributed by atoms with Crippen LogP contribution in [0.3, 0.4) is 0 Å². The molecule has 7 heteroatoms. The van der Waals surface area contributed by atoms with Crippen molar-refractivity contribution in [3.05, 3.63) is 30.1 Å². The van der Waals surface area contributed by atoms with Crippen LogP contribution in [0.1, 0.15) is 25.1 Å². The molecule has 0 spiro atoms. The summed E-state index contributed by atoms with van der Waals surface area (Å²) >= 11 is 0. The fourth-order valence-corrected chi connectivity index (χ4v) is 2.41. The maximum absolute atomic E-state index is 12.3. The molecule has 2 rings (SSSR count). The Morgan fingerprint density at radius 2 is 1.83 bits per heavy atom. The molecule has 0 fully saturated rings. The maximum Gasteiger partial charge on any atom is 0.226 e. The van der Waals surface area contributed by atoms with Gasteiger partial charge < -0.3 is 19.5 Å². The van der Waals surface area contributed by atoms with Crippen LogP contribution in [0.2, 0.25) is 0 Å². The molecule has 24 heavy (non-hydrogen) atoms. The summed E-state index contributed by atoms with van der Waals surface area (Å²) < 4.78 is 17.6.